The van der Waals surface area contributed by atoms with Crippen LogP contribution >= 0.6 is 0 Å². The Balaban J connectivity index is 1.78. The summed E-state index contributed by atoms with van der Waals surface area (Å²) < 4.78 is 0. The van der Waals surface area contributed by atoms with Crippen LogP contribution in [0.4, 0.5) is 5.82 Å². The summed E-state index contributed by atoms with van der Waals surface area (Å²) in [6.07, 6.45) is 5.97. The van der Waals surface area contributed by atoms with Gasteiger partial charge in [0, 0.05) is 12.7 Å². The molecule has 15 heavy (non-hydrogen) atoms. The Kier molecular flexibility index (Phi) is 3.56. The van der Waals surface area contributed by atoms with E-state index in [2.05, 4.69) is 10.3 Å². The van der Waals surface area contributed by atoms with E-state index >= 15 is 0 Å². The third-order valence-corrected chi connectivity index (χ3v) is 2.99. The summed E-state index contributed by atoms with van der Waals surface area (Å²) in [5, 5.41) is 12.8. The van der Waals surface area contributed by atoms with Crippen LogP contribution in [0, 0.1) is 5.92 Å². The minimum Gasteiger partial charge on any atom is -0.393 e. The van der Waals surface area contributed by atoms with Gasteiger partial charge in [-0.25, -0.2) is 4.98 Å². The first-order chi connectivity index (χ1) is 7.34. The first kappa shape index (κ1) is 10.4. The number of hydrogen-bond acceptors (Lipinski definition) is 3. The summed E-state index contributed by atoms with van der Waals surface area (Å²) in [7, 11) is 0. The van der Waals surface area contributed by atoms with Gasteiger partial charge in [-0.05, 0) is 37.3 Å². The molecule has 0 amide bonds. The Morgan fingerprint density at radius 3 is 3.07 bits per heavy atom. The Morgan fingerprint density at radius 2 is 2.33 bits per heavy atom. The maximum Gasteiger partial charge on any atom is 0.125 e. The van der Waals surface area contributed by atoms with Crippen LogP contribution in [0.2, 0.25) is 0 Å². The lowest BCUT2D eigenvalue weighted by atomic mass is 9.87. The molecule has 1 heterocycles. The first-order valence-electron chi connectivity index (χ1n) is 5.67. The fourth-order valence-electron chi connectivity index (χ4n) is 2.16. The summed E-state index contributed by atoms with van der Waals surface area (Å²) in [6.45, 7) is 0.925. The summed E-state index contributed by atoms with van der Waals surface area (Å²) in [4.78, 5) is 4.21. The Labute approximate surface area is 90.5 Å². The summed E-state index contributed by atoms with van der Waals surface area (Å²) in [5.74, 6) is 1.52. The highest BCUT2D eigenvalue weighted by atomic mass is 16.3. The molecule has 0 radical (unpaired) electrons. The third kappa shape index (κ3) is 3.20. The molecule has 3 heteroatoms. The molecular formula is C12H18N2O. The fourth-order valence-corrected chi connectivity index (χ4v) is 2.16. The number of aliphatic hydroxyl groups is 1. The Morgan fingerprint density at radius 1 is 1.40 bits per heavy atom. The third-order valence-electron chi connectivity index (χ3n) is 2.99. The largest absolute Gasteiger partial charge is 0.393 e. The van der Waals surface area contributed by atoms with Crippen LogP contribution in [0.15, 0.2) is 24.4 Å². The van der Waals surface area contributed by atoms with E-state index in [4.69, 9.17) is 0 Å². The van der Waals surface area contributed by atoms with E-state index < -0.39 is 0 Å². The molecule has 3 nitrogen and oxygen atoms in total. The highest BCUT2D eigenvalue weighted by Gasteiger charge is 2.19. The lowest BCUT2D eigenvalue weighted by Gasteiger charge is -2.26. The van der Waals surface area contributed by atoms with Gasteiger partial charge in [0.2, 0.25) is 0 Å². The minimum atomic E-state index is -0.0886. The minimum absolute atomic E-state index is 0.0886. The van der Waals surface area contributed by atoms with Crippen LogP contribution in [0.5, 0.6) is 0 Å². The molecule has 1 fully saturated rings. The number of nitrogens with one attached hydrogen (secondary N) is 1. The zero-order valence-corrected chi connectivity index (χ0v) is 8.89. The summed E-state index contributed by atoms with van der Waals surface area (Å²) in [5.41, 5.74) is 0. The van der Waals surface area contributed by atoms with E-state index in [0.717, 1.165) is 31.6 Å². The monoisotopic (exact) mass is 206 g/mol. The molecule has 2 N–H and O–H groups in total. The zero-order valence-electron chi connectivity index (χ0n) is 8.89. The van der Waals surface area contributed by atoms with Crippen molar-refractivity contribution >= 4 is 5.82 Å². The molecule has 0 aromatic carbocycles. The molecule has 2 rings (SSSR count). The average Bonchev–Trinajstić information content (AvgIpc) is 2.28. The summed E-state index contributed by atoms with van der Waals surface area (Å²) >= 11 is 0. The smallest absolute Gasteiger partial charge is 0.125 e. The van der Waals surface area contributed by atoms with Crippen molar-refractivity contribution in [3.63, 3.8) is 0 Å². The highest BCUT2D eigenvalue weighted by Crippen LogP contribution is 2.24. The highest BCUT2D eigenvalue weighted by molar-refractivity contribution is 5.32. The van der Waals surface area contributed by atoms with Gasteiger partial charge in [-0.1, -0.05) is 12.5 Å². The van der Waals surface area contributed by atoms with Crippen molar-refractivity contribution < 1.29 is 5.11 Å². The lowest BCUT2D eigenvalue weighted by Crippen LogP contribution is -2.25. The van der Waals surface area contributed by atoms with Gasteiger partial charge in [0.15, 0.2) is 0 Å². The normalized spacial score (nSPS) is 26.2. The molecule has 1 aromatic rings. The molecule has 82 valence electrons. The molecule has 2 atom stereocenters. The maximum atomic E-state index is 9.53. The molecule has 0 saturated heterocycles. The van der Waals surface area contributed by atoms with Gasteiger partial charge in [-0.15, -0.1) is 0 Å². The second-order valence-electron chi connectivity index (χ2n) is 4.28. The van der Waals surface area contributed by atoms with E-state index in [9.17, 15) is 5.11 Å². The van der Waals surface area contributed by atoms with Gasteiger partial charge in [-0.2, -0.15) is 0 Å². The fraction of sp³-hybridized carbons (Fsp3) is 0.583. The van der Waals surface area contributed by atoms with Gasteiger partial charge in [0.05, 0.1) is 6.10 Å². The molecule has 1 saturated carbocycles. The zero-order chi connectivity index (χ0) is 10.5. The number of aromatic nitrogens is 1. The molecule has 1 aliphatic carbocycles. The van der Waals surface area contributed by atoms with E-state index in [-0.39, 0.29) is 6.10 Å². The second-order valence-corrected chi connectivity index (χ2v) is 4.28. The van der Waals surface area contributed by atoms with Gasteiger partial charge in [-0.3, -0.25) is 0 Å². The predicted octanol–water partition coefficient (Wildman–Crippen LogP) is 2.04. The molecule has 1 aliphatic rings. The number of nitrogens with zero attached hydrogens (tertiary/aromatic N) is 1. The van der Waals surface area contributed by atoms with Gasteiger partial charge in [0.1, 0.15) is 5.82 Å². The molecule has 0 bridgehead atoms. The Hall–Kier alpha value is -1.09. The summed E-state index contributed by atoms with van der Waals surface area (Å²) in [6, 6.07) is 5.86. The van der Waals surface area contributed by atoms with Gasteiger partial charge in [0.25, 0.3) is 0 Å². The van der Waals surface area contributed by atoms with Crippen molar-refractivity contribution in [1.29, 1.82) is 0 Å². The average molecular weight is 206 g/mol. The number of rotatable bonds is 3. The van der Waals surface area contributed by atoms with Crippen LogP contribution < -0.4 is 5.32 Å². The van der Waals surface area contributed by atoms with E-state index in [0.29, 0.717) is 5.92 Å². The molecule has 0 aliphatic heterocycles. The van der Waals surface area contributed by atoms with Crippen molar-refractivity contribution in [3.8, 4) is 0 Å². The Bertz CT molecular complexity index is 289. The molecule has 2 unspecified atom stereocenters. The maximum absolute atomic E-state index is 9.53. The van der Waals surface area contributed by atoms with Crippen molar-refractivity contribution in [2.75, 3.05) is 11.9 Å². The molecular weight excluding hydrogens is 188 g/mol. The van der Waals surface area contributed by atoms with E-state index in [1.807, 2.05) is 18.2 Å². The second kappa shape index (κ2) is 5.12. The number of hydrogen-bond donors (Lipinski definition) is 2. The van der Waals surface area contributed by atoms with Crippen molar-refractivity contribution in [1.82, 2.24) is 4.98 Å². The van der Waals surface area contributed by atoms with Crippen LogP contribution in [-0.2, 0) is 0 Å². The number of anilines is 1. The van der Waals surface area contributed by atoms with Crippen LogP contribution in [0.3, 0.4) is 0 Å². The molecule has 1 aromatic heterocycles. The van der Waals surface area contributed by atoms with Crippen LogP contribution in [-0.4, -0.2) is 22.7 Å². The van der Waals surface area contributed by atoms with E-state index in [1.165, 1.54) is 6.42 Å². The standard InChI is InChI=1S/C12H18N2O/c15-11-5-3-4-10(8-11)9-14-12-6-1-2-7-13-12/h1-2,6-7,10-11,15H,3-5,8-9H2,(H,13,14). The van der Waals surface area contributed by atoms with Crippen molar-refractivity contribution in [2.45, 2.75) is 31.8 Å². The lowest BCUT2D eigenvalue weighted by molar-refractivity contribution is 0.104. The topological polar surface area (TPSA) is 45.1 Å². The quantitative estimate of drug-likeness (QED) is 0.795. The van der Waals surface area contributed by atoms with Gasteiger partial charge >= 0.3 is 0 Å². The molecule has 0 spiro atoms. The van der Waals surface area contributed by atoms with E-state index in [1.54, 1.807) is 6.20 Å². The van der Waals surface area contributed by atoms with Gasteiger partial charge < -0.3 is 10.4 Å². The number of aliphatic hydroxyl groups excluding tert-OH is 1. The van der Waals surface area contributed by atoms with Crippen molar-refractivity contribution in [3.05, 3.63) is 24.4 Å². The van der Waals surface area contributed by atoms with Crippen LogP contribution in [0.1, 0.15) is 25.7 Å². The van der Waals surface area contributed by atoms with Crippen molar-refractivity contribution in [2.24, 2.45) is 5.92 Å². The first-order valence-corrected chi connectivity index (χ1v) is 5.67. The predicted molar refractivity (Wildman–Crippen MR) is 60.7 cm³/mol. The number of pyridine rings is 1. The van der Waals surface area contributed by atoms with Crippen LogP contribution in [0.25, 0.3) is 0 Å². The SMILES string of the molecule is OC1CCCC(CNc2ccccn2)C1.